The molecule has 0 bridgehead atoms. The van der Waals surface area contributed by atoms with Crippen LogP contribution >= 0.6 is 0 Å². The van der Waals surface area contributed by atoms with Gasteiger partial charge < -0.3 is 19.1 Å². The number of ether oxygens (including phenoxy) is 3. The first kappa shape index (κ1) is 21.1. The maximum Gasteiger partial charge on any atom is 0.331 e. The number of benzene rings is 2. The molecule has 0 radical (unpaired) electrons. The fourth-order valence-corrected chi connectivity index (χ4v) is 3.13. The van der Waals surface area contributed by atoms with Crippen LogP contribution < -0.4 is 14.4 Å². The average Bonchev–Trinajstić information content (AvgIpc) is 3.21. The van der Waals surface area contributed by atoms with Crippen molar-refractivity contribution in [3.05, 3.63) is 59.7 Å². The molecule has 0 unspecified atom stereocenters. The van der Waals surface area contributed by atoms with Crippen LogP contribution in [0.15, 0.2) is 48.5 Å². The van der Waals surface area contributed by atoms with Crippen molar-refractivity contribution >= 4 is 29.4 Å². The molecule has 1 aliphatic heterocycles. The quantitative estimate of drug-likeness (QED) is 0.378. The molecular formula is C23H23NO6. The van der Waals surface area contributed by atoms with Gasteiger partial charge in [-0.15, -0.1) is 0 Å². The smallest absolute Gasteiger partial charge is 0.331 e. The molecule has 0 atom stereocenters. The van der Waals surface area contributed by atoms with Crippen molar-refractivity contribution in [1.82, 2.24) is 0 Å². The zero-order chi connectivity index (χ0) is 21.5. The van der Waals surface area contributed by atoms with Gasteiger partial charge >= 0.3 is 5.97 Å². The van der Waals surface area contributed by atoms with E-state index in [1.165, 1.54) is 20.3 Å². The summed E-state index contributed by atoms with van der Waals surface area (Å²) in [5.41, 5.74) is 1.76. The first-order valence-corrected chi connectivity index (χ1v) is 9.51. The van der Waals surface area contributed by atoms with E-state index in [1.54, 1.807) is 53.4 Å². The molecule has 7 heteroatoms. The van der Waals surface area contributed by atoms with Crippen LogP contribution in [-0.2, 0) is 14.3 Å². The number of amides is 1. The summed E-state index contributed by atoms with van der Waals surface area (Å²) in [4.78, 5) is 38.0. The third kappa shape index (κ3) is 5.26. The Morgan fingerprint density at radius 1 is 1.07 bits per heavy atom. The largest absolute Gasteiger partial charge is 0.497 e. The number of esters is 1. The van der Waals surface area contributed by atoms with E-state index in [9.17, 15) is 14.4 Å². The van der Waals surface area contributed by atoms with E-state index in [4.69, 9.17) is 14.2 Å². The minimum absolute atomic E-state index is 0.0466. The van der Waals surface area contributed by atoms with Crippen molar-refractivity contribution in [3.63, 3.8) is 0 Å². The molecule has 1 saturated heterocycles. The Kier molecular flexibility index (Phi) is 6.85. The van der Waals surface area contributed by atoms with Gasteiger partial charge in [0.05, 0.1) is 14.2 Å². The molecule has 0 spiro atoms. The van der Waals surface area contributed by atoms with Crippen molar-refractivity contribution < 1.29 is 28.6 Å². The third-order valence-corrected chi connectivity index (χ3v) is 4.68. The fourth-order valence-electron chi connectivity index (χ4n) is 3.13. The number of Topliss-reactive ketones (excluding diaryl/α,β-unsaturated/α-hetero) is 1. The summed E-state index contributed by atoms with van der Waals surface area (Å²) in [5.74, 6) is 0.248. The van der Waals surface area contributed by atoms with Gasteiger partial charge in [0.15, 0.2) is 12.4 Å². The van der Waals surface area contributed by atoms with Gasteiger partial charge in [0.1, 0.15) is 11.5 Å². The molecule has 1 fully saturated rings. The van der Waals surface area contributed by atoms with Gasteiger partial charge in [-0.1, -0.05) is 12.1 Å². The SMILES string of the molecule is COc1cc(/C=C/C(=O)OCC(=O)c2cccc(N3CCCC3=O)c2)cc(OC)c1. The van der Waals surface area contributed by atoms with E-state index in [-0.39, 0.29) is 18.3 Å². The lowest BCUT2D eigenvalue weighted by Crippen LogP contribution is -2.24. The number of carbonyl (C=O) groups is 3. The maximum absolute atomic E-state index is 12.4. The highest BCUT2D eigenvalue weighted by molar-refractivity contribution is 6.01. The van der Waals surface area contributed by atoms with Crippen LogP contribution in [0.4, 0.5) is 5.69 Å². The summed E-state index contributed by atoms with van der Waals surface area (Å²) in [6.07, 6.45) is 4.11. The average molecular weight is 409 g/mol. The summed E-state index contributed by atoms with van der Waals surface area (Å²) in [5, 5.41) is 0. The Labute approximate surface area is 174 Å². The number of nitrogens with zero attached hydrogens (tertiary/aromatic N) is 1. The third-order valence-electron chi connectivity index (χ3n) is 4.68. The number of hydrogen-bond donors (Lipinski definition) is 0. The van der Waals surface area contributed by atoms with Crippen molar-refractivity contribution in [3.8, 4) is 11.5 Å². The molecule has 2 aromatic rings. The zero-order valence-corrected chi connectivity index (χ0v) is 16.9. The summed E-state index contributed by atoms with van der Waals surface area (Å²) in [7, 11) is 3.08. The van der Waals surface area contributed by atoms with Gasteiger partial charge in [-0.3, -0.25) is 9.59 Å². The van der Waals surface area contributed by atoms with Gasteiger partial charge in [0, 0.05) is 36.4 Å². The number of carbonyl (C=O) groups excluding carboxylic acids is 3. The van der Waals surface area contributed by atoms with Gasteiger partial charge in [-0.2, -0.15) is 0 Å². The number of hydrogen-bond acceptors (Lipinski definition) is 6. The second kappa shape index (κ2) is 9.73. The van der Waals surface area contributed by atoms with Crippen LogP contribution in [0.2, 0.25) is 0 Å². The van der Waals surface area contributed by atoms with Crippen LogP contribution in [0, 0.1) is 0 Å². The van der Waals surface area contributed by atoms with Crippen molar-refractivity contribution in [1.29, 1.82) is 0 Å². The Bertz CT molecular complexity index is 959. The Hall–Kier alpha value is -3.61. The van der Waals surface area contributed by atoms with E-state index in [0.717, 1.165) is 6.42 Å². The van der Waals surface area contributed by atoms with Gasteiger partial charge in [-0.05, 0) is 42.3 Å². The predicted octanol–water partition coefficient (Wildman–Crippen LogP) is 3.27. The molecule has 0 saturated carbocycles. The van der Waals surface area contributed by atoms with E-state index in [0.29, 0.717) is 41.3 Å². The van der Waals surface area contributed by atoms with Crippen LogP contribution in [-0.4, -0.2) is 45.0 Å². The lowest BCUT2D eigenvalue weighted by atomic mass is 10.1. The molecule has 0 N–H and O–H groups in total. The highest BCUT2D eigenvalue weighted by atomic mass is 16.5. The first-order valence-electron chi connectivity index (χ1n) is 9.51. The normalized spacial score (nSPS) is 13.5. The summed E-state index contributed by atoms with van der Waals surface area (Å²) < 4.78 is 15.4. The maximum atomic E-state index is 12.4. The Balaban J connectivity index is 1.59. The van der Waals surface area contributed by atoms with Crippen molar-refractivity contribution in [2.45, 2.75) is 12.8 Å². The van der Waals surface area contributed by atoms with Crippen LogP contribution in [0.3, 0.4) is 0 Å². The van der Waals surface area contributed by atoms with Gasteiger partial charge in [0.25, 0.3) is 0 Å². The predicted molar refractivity (Wildman–Crippen MR) is 112 cm³/mol. The Morgan fingerprint density at radius 2 is 1.80 bits per heavy atom. The lowest BCUT2D eigenvalue weighted by Gasteiger charge is -2.16. The highest BCUT2D eigenvalue weighted by Gasteiger charge is 2.22. The Morgan fingerprint density at radius 3 is 2.43 bits per heavy atom. The molecule has 156 valence electrons. The minimum Gasteiger partial charge on any atom is -0.497 e. The monoisotopic (exact) mass is 409 g/mol. The van der Waals surface area contributed by atoms with Gasteiger partial charge in [0.2, 0.25) is 5.91 Å². The fraction of sp³-hybridized carbons (Fsp3) is 0.261. The molecule has 1 heterocycles. The van der Waals surface area contributed by atoms with E-state index in [2.05, 4.69) is 0 Å². The van der Waals surface area contributed by atoms with Crippen molar-refractivity contribution in [2.24, 2.45) is 0 Å². The summed E-state index contributed by atoms with van der Waals surface area (Å²) >= 11 is 0. The number of methoxy groups -OCH3 is 2. The minimum atomic E-state index is -0.643. The van der Waals surface area contributed by atoms with Gasteiger partial charge in [-0.25, -0.2) is 4.79 Å². The molecular weight excluding hydrogens is 386 g/mol. The summed E-state index contributed by atoms with van der Waals surface area (Å²) in [6.45, 7) is 0.257. The zero-order valence-electron chi connectivity index (χ0n) is 16.9. The molecule has 1 amide bonds. The van der Waals surface area contributed by atoms with E-state index >= 15 is 0 Å². The number of ketones is 1. The highest BCUT2D eigenvalue weighted by Crippen LogP contribution is 2.24. The topological polar surface area (TPSA) is 82.1 Å². The molecule has 1 aliphatic rings. The lowest BCUT2D eigenvalue weighted by molar-refractivity contribution is -0.136. The van der Waals surface area contributed by atoms with E-state index in [1.807, 2.05) is 0 Å². The van der Waals surface area contributed by atoms with E-state index < -0.39 is 5.97 Å². The van der Waals surface area contributed by atoms with Crippen LogP contribution in [0.5, 0.6) is 11.5 Å². The van der Waals surface area contributed by atoms with Crippen molar-refractivity contribution in [2.75, 3.05) is 32.3 Å². The molecule has 30 heavy (non-hydrogen) atoms. The molecule has 0 aromatic heterocycles. The molecule has 7 nitrogen and oxygen atoms in total. The standard InChI is InChI=1S/C23H23NO6/c1-28-19-11-16(12-20(14-19)29-2)8-9-23(27)30-15-21(25)17-5-3-6-18(13-17)24-10-4-7-22(24)26/h3,5-6,8-9,11-14H,4,7,10,15H2,1-2H3/b9-8+. The summed E-state index contributed by atoms with van der Waals surface area (Å²) in [6, 6.07) is 12.0. The first-order chi connectivity index (χ1) is 14.5. The molecule has 2 aromatic carbocycles. The number of rotatable bonds is 8. The molecule has 3 rings (SSSR count). The molecule has 0 aliphatic carbocycles. The van der Waals surface area contributed by atoms with Crippen LogP contribution in [0.25, 0.3) is 6.08 Å². The van der Waals surface area contributed by atoms with Crippen LogP contribution in [0.1, 0.15) is 28.8 Å². The number of anilines is 1. The second-order valence-electron chi connectivity index (χ2n) is 6.71. The second-order valence-corrected chi connectivity index (χ2v) is 6.71.